The van der Waals surface area contributed by atoms with Gasteiger partial charge in [-0.05, 0) is 78.0 Å². The van der Waals surface area contributed by atoms with Crippen molar-refractivity contribution in [3.63, 3.8) is 0 Å². The molecule has 0 saturated carbocycles. The second-order valence-electron chi connectivity index (χ2n) is 15.7. The maximum atomic E-state index is 13.5. The number of rotatable bonds is 21. The summed E-state index contributed by atoms with van der Waals surface area (Å²) in [6.07, 6.45) is 6.24. The first-order valence-corrected chi connectivity index (χ1v) is 19.0. The van der Waals surface area contributed by atoms with Crippen LogP contribution in [0, 0.1) is 0 Å². The molecule has 0 radical (unpaired) electrons. The van der Waals surface area contributed by atoms with Crippen molar-refractivity contribution >= 4 is 29.6 Å². The second kappa shape index (κ2) is 20.6. The minimum Gasteiger partial charge on any atom is -0.496 e. The molecule has 54 heavy (non-hydrogen) atoms. The Kier molecular flexibility index (Phi) is 16.6. The summed E-state index contributed by atoms with van der Waals surface area (Å²) in [7, 11) is 1.61. The molecule has 2 aromatic heterocycles. The summed E-state index contributed by atoms with van der Waals surface area (Å²) in [6.45, 7) is 15.1. The highest BCUT2D eigenvalue weighted by molar-refractivity contribution is 5.78. The minimum absolute atomic E-state index is 0.0340. The first kappa shape index (κ1) is 43.6. The van der Waals surface area contributed by atoms with E-state index < -0.39 is 11.2 Å². The van der Waals surface area contributed by atoms with E-state index in [1.54, 1.807) is 7.11 Å². The van der Waals surface area contributed by atoms with Crippen LogP contribution in [0.4, 0.5) is 11.8 Å². The van der Waals surface area contributed by atoms with E-state index in [1.807, 2.05) is 59.7 Å². The smallest absolute Gasteiger partial charge is 0.308 e. The number of H-pyrrole nitrogens is 1. The topological polar surface area (TPSA) is 209 Å². The number of nitrogens with two attached hydrogens (primary N) is 1. The van der Waals surface area contributed by atoms with Crippen LogP contribution in [-0.4, -0.2) is 78.8 Å². The van der Waals surface area contributed by atoms with Crippen LogP contribution in [0.3, 0.4) is 0 Å². The molecule has 1 amide bonds. The predicted molar refractivity (Wildman–Crippen MR) is 207 cm³/mol. The molecular formula is C39H61N9O6. The maximum Gasteiger partial charge on any atom is 0.308 e. The zero-order chi connectivity index (χ0) is 39.9. The number of amides is 1. The molecule has 3 aromatic rings. The number of carbonyl (C=O) groups excluding carboxylic acids is 3. The number of hydrogen-bond donors (Lipinski definition) is 4. The van der Waals surface area contributed by atoms with Gasteiger partial charge in [-0.1, -0.05) is 56.9 Å². The molecular weight excluding hydrogens is 690 g/mol. The van der Waals surface area contributed by atoms with E-state index in [0.29, 0.717) is 54.3 Å². The van der Waals surface area contributed by atoms with Gasteiger partial charge in [0, 0.05) is 36.9 Å². The fourth-order valence-corrected chi connectivity index (χ4v) is 6.02. The Labute approximate surface area is 319 Å². The van der Waals surface area contributed by atoms with Crippen LogP contribution in [0.25, 0.3) is 0 Å². The number of unbranched alkanes of at least 4 members (excludes halogenated alkanes) is 2. The largest absolute Gasteiger partial charge is 0.496 e. The van der Waals surface area contributed by atoms with E-state index in [0.717, 1.165) is 36.8 Å². The molecule has 0 aliphatic rings. The monoisotopic (exact) mass is 751 g/mol. The van der Waals surface area contributed by atoms with Crippen molar-refractivity contribution in [2.24, 2.45) is 0 Å². The number of methoxy groups -OCH3 is 1. The van der Waals surface area contributed by atoms with Crippen molar-refractivity contribution in [1.29, 1.82) is 0 Å². The van der Waals surface area contributed by atoms with E-state index in [4.69, 9.17) is 19.9 Å². The van der Waals surface area contributed by atoms with Gasteiger partial charge in [0.1, 0.15) is 22.8 Å². The Morgan fingerprint density at radius 1 is 0.889 bits per heavy atom. The van der Waals surface area contributed by atoms with Gasteiger partial charge in [0.05, 0.1) is 25.6 Å². The molecule has 1 aromatic carbocycles. The fourth-order valence-electron chi connectivity index (χ4n) is 6.02. The Hall–Kier alpha value is -4.82. The number of anilines is 2. The highest BCUT2D eigenvalue weighted by atomic mass is 16.6. The van der Waals surface area contributed by atoms with E-state index in [2.05, 4.69) is 55.1 Å². The molecule has 0 aliphatic heterocycles. The molecule has 0 unspecified atom stereocenters. The normalized spacial score (nSPS) is 12.8. The third kappa shape index (κ3) is 15.7. The van der Waals surface area contributed by atoms with Crippen LogP contribution >= 0.6 is 0 Å². The van der Waals surface area contributed by atoms with Gasteiger partial charge >= 0.3 is 11.9 Å². The van der Waals surface area contributed by atoms with Gasteiger partial charge in [-0.15, -0.1) is 10.2 Å². The van der Waals surface area contributed by atoms with Crippen LogP contribution < -0.4 is 21.1 Å². The third-order valence-electron chi connectivity index (χ3n) is 8.35. The summed E-state index contributed by atoms with van der Waals surface area (Å²) in [5.74, 6) is 0.797. The minimum atomic E-state index is -0.629. The first-order chi connectivity index (χ1) is 25.5. The number of nitrogens with one attached hydrogen (secondary N) is 3. The number of aromatic nitrogens is 6. The Morgan fingerprint density at radius 2 is 1.52 bits per heavy atom. The fraction of sp³-hybridized carbons (Fsp3) is 0.641. The molecule has 3 rings (SSSR count). The van der Waals surface area contributed by atoms with Crippen molar-refractivity contribution in [3.05, 3.63) is 46.4 Å². The Balaban J connectivity index is 1.99. The first-order valence-electron chi connectivity index (χ1n) is 19.0. The molecule has 15 nitrogen and oxygen atoms in total. The van der Waals surface area contributed by atoms with Crippen LogP contribution in [0.15, 0.2) is 18.2 Å². The average Bonchev–Trinajstić information content (AvgIpc) is 3.57. The number of aryl methyl sites for hydroxylation is 1. The zero-order valence-electron chi connectivity index (χ0n) is 33.6. The molecule has 0 aliphatic carbocycles. The van der Waals surface area contributed by atoms with E-state index in [9.17, 15) is 14.4 Å². The van der Waals surface area contributed by atoms with Crippen molar-refractivity contribution in [2.75, 3.05) is 18.2 Å². The summed E-state index contributed by atoms with van der Waals surface area (Å²) in [4.78, 5) is 48.5. The summed E-state index contributed by atoms with van der Waals surface area (Å²) in [5, 5.41) is 20.9. The van der Waals surface area contributed by atoms with Crippen LogP contribution in [0.1, 0.15) is 141 Å². The number of hydrogen-bond acceptors (Lipinski definition) is 13. The quantitative estimate of drug-likeness (QED) is 0.0950. The number of tetrazole rings is 1. The van der Waals surface area contributed by atoms with Crippen molar-refractivity contribution < 1.29 is 28.6 Å². The highest BCUT2D eigenvalue weighted by Gasteiger charge is 2.25. The summed E-state index contributed by atoms with van der Waals surface area (Å²) < 4.78 is 17.0. The van der Waals surface area contributed by atoms with Crippen LogP contribution in [0.2, 0.25) is 0 Å². The van der Waals surface area contributed by atoms with Gasteiger partial charge in [0.2, 0.25) is 11.9 Å². The molecule has 2 heterocycles. The number of benzene rings is 1. The van der Waals surface area contributed by atoms with Gasteiger partial charge < -0.3 is 30.6 Å². The van der Waals surface area contributed by atoms with Crippen LogP contribution in [0.5, 0.6) is 5.75 Å². The van der Waals surface area contributed by atoms with Crippen molar-refractivity contribution in [1.82, 2.24) is 35.9 Å². The van der Waals surface area contributed by atoms with Gasteiger partial charge in [0.15, 0.2) is 5.82 Å². The van der Waals surface area contributed by atoms with E-state index >= 15 is 0 Å². The number of nitrogen functional groups attached to an aromatic ring is 1. The summed E-state index contributed by atoms with van der Waals surface area (Å²) in [5.41, 5.74) is 8.16. The zero-order valence-corrected chi connectivity index (χ0v) is 33.6. The molecule has 15 heteroatoms. The number of esters is 2. The SMILES string of the molecule is CCCC[C@@H](CC(=O)OC(C)(C)C)NC(=O)CCc1nc(N)nc(N[C@@H](CCCC)CC(=O)OC(C)(C)C)c1Cc1cc(Cc2nn[nH]n2)ccc1OC. The maximum absolute atomic E-state index is 13.5. The van der Waals surface area contributed by atoms with E-state index in [-0.39, 0.29) is 61.6 Å². The lowest BCUT2D eigenvalue weighted by molar-refractivity contribution is -0.156. The van der Waals surface area contributed by atoms with Crippen molar-refractivity contribution in [2.45, 2.75) is 156 Å². The molecule has 5 N–H and O–H groups in total. The molecule has 298 valence electrons. The lowest BCUT2D eigenvalue weighted by Crippen LogP contribution is -2.38. The molecule has 0 fully saturated rings. The number of nitrogens with zero attached hydrogens (tertiary/aromatic N) is 5. The number of carbonyl (C=O) groups is 3. The van der Waals surface area contributed by atoms with Crippen molar-refractivity contribution in [3.8, 4) is 5.75 Å². The predicted octanol–water partition coefficient (Wildman–Crippen LogP) is 5.80. The molecule has 0 spiro atoms. The molecule has 2 atom stereocenters. The van der Waals surface area contributed by atoms with E-state index in [1.165, 1.54) is 0 Å². The van der Waals surface area contributed by atoms with Gasteiger partial charge in [0.25, 0.3) is 0 Å². The Bertz CT molecular complexity index is 1650. The second-order valence-corrected chi connectivity index (χ2v) is 15.7. The standard InChI is InChI=1S/C39H61N9O6/c1-10-12-14-27(23-34(50)53-38(3,4)5)41-33(49)19-17-30-29(22-26-20-25(16-18-31(26)52-9)21-32-45-47-48-46-32)36(44-37(40)43-30)42-28(15-13-11-2)24-35(51)54-39(6,7)8/h16,18,20,27-28H,10-15,17,19,21-24H2,1-9H3,(H,41,49)(H3,40,42,43,44)(H,45,46,47,48)/t27-,28-/m0/s1. The summed E-state index contributed by atoms with van der Waals surface area (Å²) >= 11 is 0. The lowest BCUT2D eigenvalue weighted by atomic mass is 9.97. The van der Waals surface area contributed by atoms with Gasteiger partial charge in [-0.3, -0.25) is 14.4 Å². The van der Waals surface area contributed by atoms with Crippen LogP contribution in [-0.2, 0) is 43.1 Å². The third-order valence-corrected chi connectivity index (χ3v) is 8.35. The highest BCUT2D eigenvalue weighted by Crippen LogP contribution is 2.30. The number of ether oxygens (including phenoxy) is 3. The van der Waals surface area contributed by atoms with Gasteiger partial charge in [-0.25, -0.2) is 4.98 Å². The number of aromatic amines is 1. The lowest BCUT2D eigenvalue weighted by Gasteiger charge is -2.25. The summed E-state index contributed by atoms with van der Waals surface area (Å²) in [6, 6.07) is 5.17. The molecule has 0 saturated heterocycles. The average molecular weight is 752 g/mol. The molecule has 0 bridgehead atoms. The Morgan fingerprint density at radius 3 is 2.09 bits per heavy atom. The van der Waals surface area contributed by atoms with Gasteiger partial charge in [-0.2, -0.15) is 10.2 Å².